The average molecular weight is 339 g/mol. The van der Waals surface area contributed by atoms with Crippen LogP contribution in [-0.2, 0) is 22.6 Å². The van der Waals surface area contributed by atoms with Crippen LogP contribution in [0.5, 0.6) is 0 Å². The molecule has 2 amide bonds. The molecule has 0 atom stereocenters. The largest absolute Gasteiger partial charge is 0.347 e. The molecule has 0 fully saturated rings. The van der Waals surface area contributed by atoms with Crippen molar-refractivity contribution in [1.29, 1.82) is 0 Å². The fourth-order valence-corrected chi connectivity index (χ4v) is 2.59. The number of aromatic nitrogens is 1. The quantitative estimate of drug-likeness (QED) is 0.702. The molecule has 0 saturated heterocycles. The number of aryl methyl sites for hydroxylation is 1. The van der Waals surface area contributed by atoms with E-state index in [1.165, 1.54) is 24.3 Å². The molecule has 0 aliphatic rings. The predicted molar refractivity (Wildman–Crippen MR) is 92.9 cm³/mol. The van der Waals surface area contributed by atoms with Crippen LogP contribution in [-0.4, -0.2) is 16.4 Å². The number of hydrazine groups is 1. The van der Waals surface area contributed by atoms with Gasteiger partial charge in [0.1, 0.15) is 5.82 Å². The number of fused-ring (bicyclic) bond motifs is 1. The van der Waals surface area contributed by atoms with Crippen molar-refractivity contribution >= 4 is 22.7 Å². The van der Waals surface area contributed by atoms with Crippen LogP contribution in [0.3, 0.4) is 0 Å². The Kier molecular flexibility index (Phi) is 5.09. The molecule has 0 spiro atoms. The van der Waals surface area contributed by atoms with Crippen LogP contribution in [0.4, 0.5) is 4.39 Å². The highest BCUT2D eigenvalue weighted by atomic mass is 19.1. The molecule has 0 radical (unpaired) electrons. The van der Waals surface area contributed by atoms with Crippen molar-refractivity contribution in [3.8, 4) is 0 Å². The number of para-hydroxylation sites is 1. The summed E-state index contributed by atoms with van der Waals surface area (Å²) in [5, 5.41) is 1.12. The molecule has 0 unspecified atom stereocenters. The summed E-state index contributed by atoms with van der Waals surface area (Å²) in [7, 11) is 0. The first-order valence-electron chi connectivity index (χ1n) is 7.98. The molecule has 1 heterocycles. The maximum Gasteiger partial charge on any atom is 0.242 e. The van der Waals surface area contributed by atoms with E-state index in [0.29, 0.717) is 12.1 Å². The van der Waals surface area contributed by atoms with Crippen molar-refractivity contribution < 1.29 is 14.0 Å². The summed E-state index contributed by atoms with van der Waals surface area (Å²) in [6.07, 6.45) is 2.25. The van der Waals surface area contributed by atoms with Gasteiger partial charge in [-0.3, -0.25) is 20.4 Å². The topological polar surface area (TPSA) is 63.1 Å². The SMILES string of the molecule is O=C(CCn1ccc2ccccc21)NNC(=O)Cc1ccc(F)cc1. The zero-order valence-corrected chi connectivity index (χ0v) is 13.5. The molecule has 6 heteroatoms. The van der Waals surface area contributed by atoms with E-state index >= 15 is 0 Å². The zero-order chi connectivity index (χ0) is 17.6. The number of rotatable bonds is 5. The van der Waals surface area contributed by atoms with Gasteiger partial charge in [0.05, 0.1) is 6.42 Å². The maximum atomic E-state index is 12.8. The Morgan fingerprint density at radius 1 is 0.920 bits per heavy atom. The fraction of sp³-hybridized carbons (Fsp3) is 0.158. The molecule has 0 aliphatic heterocycles. The van der Waals surface area contributed by atoms with Crippen molar-refractivity contribution in [2.24, 2.45) is 0 Å². The number of nitrogens with one attached hydrogen (secondary N) is 2. The van der Waals surface area contributed by atoms with Crippen molar-refractivity contribution in [3.63, 3.8) is 0 Å². The first-order valence-corrected chi connectivity index (χ1v) is 7.98. The van der Waals surface area contributed by atoms with Crippen LogP contribution in [0.2, 0.25) is 0 Å². The van der Waals surface area contributed by atoms with E-state index in [1.54, 1.807) is 0 Å². The number of amides is 2. The zero-order valence-electron chi connectivity index (χ0n) is 13.5. The molecular weight excluding hydrogens is 321 g/mol. The van der Waals surface area contributed by atoms with E-state index in [4.69, 9.17) is 0 Å². The van der Waals surface area contributed by atoms with Gasteiger partial charge in [0.25, 0.3) is 0 Å². The summed E-state index contributed by atoms with van der Waals surface area (Å²) in [6.45, 7) is 0.521. The highest BCUT2D eigenvalue weighted by Gasteiger charge is 2.07. The molecule has 25 heavy (non-hydrogen) atoms. The third-order valence-corrected chi connectivity index (χ3v) is 3.88. The van der Waals surface area contributed by atoms with Crippen molar-refractivity contribution in [2.75, 3.05) is 0 Å². The average Bonchev–Trinajstić information content (AvgIpc) is 3.03. The van der Waals surface area contributed by atoms with Crippen LogP contribution in [0.1, 0.15) is 12.0 Å². The lowest BCUT2D eigenvalue weighted by atomic mass is 10.1. The van der Waals surface area contributed by atoms with Crippen molar-refractivity contribution in [2.45, 2.75) is 19.4 Å². The normalized spacial score (nSPS) is 10.6. The number of carbonyl (C=O) groups is 2. The molecular formula is C19H18FN3O2. The van der Waals surface area contributed by atoms with Gasteiger partial charge in [-0.05, 0) is 35.2 Å². The number of benzene rings is 2. The van der Waals surface area contributed by atoms with Crippen LogP contribution in [0.25, 0.3) is 10.9 Å². The molecule has 0 aliphatic carbocycles. The van der Waals surface area contributed by atoms with Gasteiger partial charge in [0.2, 0.25) is 11.8 Å². The minimum absolute atomic E-state index is 0.0722. The van der Waals surface area contributed by atoms with Crippen LogP contribution in [0, 0.1) is 5.82 Å². The first kappa shape index (κ1) is 16.7. The highest BCUT2D eigenvalue weighted by molar-refractivity contribution is 5.83. The number of hydrogen-bond acceptors (Lipinski definition) is 2. The van der Waals surface area contributed by atoms with Crippen LogP contribution in [0.15, 0.2) is 60.8 Å². The predicted octanol–water partition coefficient (Wildman–Crippen LogP) is 2.56. The van der Waals surface area contributed by atoms with Crippen molar-refractivity contribution in [1.82, 2.24) is 15.4 Å². The van der Waals surface area contributed by atoms with E-state index in [0.717, 1.165) is 10.9 Å². The first-order chi connectivity index (χ1) is 12.1. The number of nitrogens with zero attached hydrogens (tertiary/aromatic N) is 1. The van der Waals surface area contributed by atoms with Crippen LogP contribution >= 0.6 is 0 Å². The van der Waals surface area contributed by atoms with Gasteiger partial charge in [-0.1, -0.05) is 30.3 Å². The standard InChI is InChI=1S/C19H18FN3O2/c20-16-7-5-14(6-8-16)13-19(25)22-21-18(24)10-12-23-11-9-15-3-1-2-4-17(15)23/h1-9,11H,10,12-13H2,(H,21,24)(H,22,25). The van der Waals surface area contributed by atoms with Gasteiger partial charge in [0, 0.05) is 24.7 Å². The van der Waals surface area contributed by atoms with E-state index in [-0.39, 0.29) is 30.5 Å². The monoisotopic (exact) mass is 339 g/mol. The Labute approximate surface area is 144 Å². The summed E-state index contributed by atoms with van der Waals surface area (Å²) >= 11 is 0. The fourth-order valence-electron chi connectivity index (χ4n) is 2.59. The Balaban J connectivity index is 1.44. The summed E-state index contributed by atoms with van der Waals surface area (Å²) in [6, 6.07) is 15.6. The Bertz CT molecular complexity index is 887. The molecule has 0 bridgehead atoms. The molecule has 2 N–H and O–H groups in total. The molecule has 5 nitrogen and oxygen atoms in total. The summed E-state index contributed by atoms with van der Waals surface area (Å²) in [4.78, 5) is 23.7. The second-order valence-electron chi connectivity index (χ2n) is 5.72. The minimum Gasteiger partial charge on any atom is -0.347 e. The molecule has 3 aromatic rings. The maximum absolute atomic E-state index is 12.8. The second kappa shape index (κ2) is 7.61. The molecule has 2 aromatic carbocycles. The minimum atomic E-state index is -0.355. The molecule has 1 aromatic heterocycles. The van der Waals surface area contributed by atoms with Gasteiger partial charge in [-0.25, -0.2) is 4.39 Å². The van der Waals surface area contributed by atoms with E-state index in [9.17, 15) is 14.0 Å². The highest BCUT2D eigenvalue weighted by Crippen LogP contribution is 2.15. The Morgan fingerprint density at radius 2 is 1.64 bits per heavy atom. The lowest BCUT2D eigenvalue weighted by Crippen LogP contribution is -2.42. The lowest BCUT2D eigenvalue weighted by Gasteiger charge is -2.09. The molecule has 3 rings (SSSR count). The van der Waals surface area contributed by atoms with E-state index in [1.807, 2.05) is 41.1 Å². The molecule has 128 valence electrons. The van der Waals surface area contributed by atoms with Gasteiger partial charge in [-0.2, -0.15) is 0 Å². The van der Waals surface area contributed by atoms with Gasteiger partial charge < -0.3 is 4.57 Å². The van der Waals surface area contributed by atoms with Crippen molar-refractivity contribution in [3.05, 3.63) is 72.2 Å². The lowest BCUT2D eigenvalue weighted by molar-refractivity contribution is -0.128. The third kappa shape index (κ3) is 4.44. The number of hydrogen-bond donors (Lipinski definition) is 2. The van der Waals surface area contributed by atoms with E-state index in [2.05, 4.69) is 10.9 Å². The Morgan fingerprint density at radius 3 is 2.44 bits per heavy atom. The van der Waals surface area contributed by atoms with E-state index < -0.39 is 0 Å². The smallest absolute Gasteiger partial charge is 0.242 e. The van der Waals surface area contributed by atoms with Gasteiger partial charge in [0.15, 0.2) is 0 Å². The third-order valence-electron chi connectivity index (χ3n) is 3.88. The number of halogens is 1. The summed E-state index contributed by atoms with van der Waals surface area (Å²) < 4.78 is 14.8. The van der Waals surface area contributed by atoms with Crippen LogP contribution < -0.4 is 10.9 Å². The molecule has 0 saturated carbocycles. The number of carbonyl (C=O) groups excluding carboxylic acids is 2. The Hall–Kier alpha value is -3.15. The van der Waals surface area contributed by atoms with Gasteiger partial charge >= 0.3 is 0 Å². The summed E-state index contributed by atoms with van der Waals surface area (Å²) in [5.74, 6) is -0.980. The summed E-state index contributed by atoms with van der Waals surface area (Å²) in [5.41, 5.74) is 6.51. The second-order valence-corrected chi connectivity index (χ2v) is 5.72. The van der Waals surface area contributed by atoms with Gasteiger partial charge in [-0.15, -0.1) is 0 Å².